The van der Waals surface area contributed by atoms with E-state index in [2.05, 4.69) is 21.2 Å². The minimum Gasteiger partial charge on any atom is -0.444 e. The molecule has 122 valence electrons. The van der Waals surface area contributed by atoms with Gasteiger partial charge in [0.05, 0.1) is 0 Å². The van der Waals surface area contributed by atoms with Crippen LogP contribution in [0.4, 0.5) is 4.79 Å². The molecule has 0 unspecified atom stereocenters. The van der Waals surface area contributed by atoms with Gasteiger partial charge >= 0.3 is 6.09 Å². The Balaban J connectivity index is 2.43. The number of carbonyl (C=O) groups is 2. The Morgan fingerprint density at radius 1 is 1.18 bits per heavy atom. The summed E-state index contributed by atoms with van der Waals surface area (Å²) in [7, 11) is 0. The molecule has 0 saturated carbocycles. The molecule has 0 heterocycles. The number of carbonyl (C=O) groups excluding carboxylic acids is 2. The molecule has 0 bridgehead atoms. The smallest absolute Gasteiger partial charge is 0.407 e. The first-order valence-electron chi connectivity index (χ1n) is 7.37. The number of ketones is 1. The summed E-state index contributed by atoms with van der Waals surface area (Å²) < 4.78 is 6.17. The van der Waals surface area contributed by atoms with Crippen molar-refractivity contribution in [1.82, 2.24) is 5.32 Å². The van der Waals surface area contributed by atoms with Crippen LogP contribution in [0.2, 0.25) is 0 Å². The van der Waals surface area contributed by atoms with Gasteiger partial charge in [-0.2, -0.15) is 0 Å². The topological polar surface area (TPSA) is 55.4 Å². The Kier molecular flexibility index (Phi) is 6.60. The van der Waals surface area contributed by atoms with E-state index in [-0.39, 0.29) is 5.78 Å². The maximum Gasteiger partial charge on any atom is 0.407 e. The molecule has 0 aliphatic rings. The van der Waals surface area contributed by atoms with E-state index in [1.807, 2.05) is 46.8 Å². The molecule has 1 rings (SSSR count). The molecule has 1 aromatic rings. The third kappa shape index (κ3) is 6.18. The van der Waals surface area contributed by atoms with Crippen molar-refractivity contribution in [3.8, 4) is 0 Å². The molecule has 4 nitrogen and oxygen atoms in total. The summed E-state index contributed by atoms with van der Waals surface area (Å²) in [5.74, 6) is 0.0877. The lowest BCUT2D eigenvalue weighted by molar-refractivity contribution is 0.0525. The number of nitrogens with one attached hydrogen (secondary N) is 1. The van der Waals surface area contributed by atoms with Crippen molar-refractivity contribution < 1.29 is 14.3 Å². The number of alkyl carbamates (subject to hydrolysis) is 1. The SMILES string of the molecule is Cc1cc(C(=O)CCCNC(=O)OC(C)(C)C)cc(C)c1Br. The molecular formula is C17H24BrNO3. The quantitative estimate of drug-likeness (QED) is 0.611. The van der Waals surface area contributed by atoms with Crippen molar-refractivity contribution in [3.05, 3.63) is 33.3 Å². The van der Waals surface area contributed by atoms with Crippen molar-refractivity contribution in [2.45, 2.75) is 53.1 Å². The van der Waals surface area contributed by atoms with Crippen LogP contribution in [0, 0.1) is 13.8 Å². The van der Waals surface area contributed by atoms with Gasteiger partial charge < -0.3 is 10.1 Å². The van der Waals surface area contributed by atoms with Crippen LogP contribution >= 0.6 is 15.9 Å². The lowest BCUT2D eigenvalue weighted by Crippen LogP contribution is -2.33. The van der Waals surface area contributed by atoms with Gasteiger partial charge in [-0.05, 0) is 64.3 Å². The first-order valence-corrected chi connectivity index (χ1v) is 8.16. The van der Waals surface area contributed by atoms with Gasteiger partial charge in [0.25, 0.3) is 0 Å². The van der Waals surface area contributed by atoms with Crippen LogP contribution in [-0.4, -0.2) is 24.0 Å². The second-order valence-corrected chi connectivity index (χ2v) is 7.17. The van der Waals surface area contributed by atoms with Crippen LogP contribution in [0.15, 0.2) is 16.6 Å². The highest BCUT2D eigenvalue weighted by atomic mass is 79.9. The van der Waals surface area contributed by atoms with E-state index in [0.29, 0.717) is 19.4 Å². The number of amides is 1. The van der Waals surface area contributed by atoms with E-state index in [9.17, 15) is 9.59 Å². The Hall–Kier alpha value is -1.36. The van der Waals surface area contributed by atoms with Crippen LogP contribution in [0.1, 0.15) is 55.1 Å². The number of hydrogen-bond acceptors (Lipinski definition) is 3. The number of hydrogen-bond donors (Lipinski definition) is 1. The van der Waals surface area contributed by atoms with E-state index in [4.69, 9.17) is 4.74 Å². The third-order valence-electron chi connectivity index (χ3n) is 3.01. The highest BCUT2D eigenvalue weighted by Crippen LogP contribution is 2.23. The van der Waals surface area contributed by atoms with Crippen molar-refractivity contribution in [1.29, 1.82) is 0 Å². The number of halogens is 1. The molecule has 0 radical (unpaired) electrons. The fourth-order valence-corrected chi connectivity index (χ4v) is 2.23. The highest BCUT2D eigenvalue weighted by Gasteiger charge is 2.15. The molecule has 0 aromatic heterocycles. The Bertz CT molecular complexity index is 539. The van der Waals surface area contributed by atoms with Gasteiger partial charge in [0, 0.05) is 23.0 Å². The van der Waals surface area contributed by atoms with Gasteiger partial charge in [0.2, 0.25) is 0 Å². The summed E-state index contributed by atoms with van der Waals surface area (Å²) in [4.78, 5) is 23.7. The summed E-state index contributed by atoms with van der Waals surface area (Å²) >= 11 is 3.49. The normalized spacial score (nSPS) is 11.2. The van der Waals surface area contributed by atoms with Gasteiger partial charge in [-0.25, -0.2) is 4.79 Å². The van der Waals surface area contributed by atoms with Crippen LogP contribution in [0.5, 0.6) is 0 Å². The van der Waals surface area contributed by atoms with Gasteiger partial charge in [-0.15, -0.1) is 0 Å². The minimum atomic E-state index is -0.508. The molecule has 0 saturated heterocycles. The van der Waals surface area contributed by atoms with E-state index >= 15 is 0 Å². The molecule has 1 aromatic carbocycles. The fraction of sp³-hybridized carbons (Fsp3) is 0.529. The summed E-state index contributed by atoms with van der Waals surface area (Å²) in [6.45, 7) is 9.81. The van der Waals surface area contributed by atoms with E-state index in [0.717, 1.165) is 21.2 Å². The maximum atomic E-state index is 12.2. The molecule has 0 aliphatic heterocycles. The van der Waals surface area contributed by atoms with Crippen molar-refractivity contribution in [2.75, 3.05) is 6.54 Å². The van der Waals surface area contributed by atoms with Crippen LogP contribution in [0.25, 0.3) is 0 Å². The second kappa shape index (κ2) is 7.77. The molecule has 0 fully saturated rings. The van der Waals surface area contributed by atoms with Crippen LogP contribution in [-0.2, 0) is 4.74 Å². The average molecular weight is 370 g/mol. The number of rotatable bonds is 5. The molecular weight excluding hydrogens is 346 g/mol. The zero-order valence-electron chi connectivity index (χ0n) is 13.9. The Morgan fingerprint density at radius 2 is 1.73 bits per heavy atom. The minimum absolute atomic E-state index is 0.0877. The summed E-state index contributed by atoms with van der Waals surface area (Å²) in [5.41, 5.74) is 2.31. The van der Waals surface area contributed by atoms with Crippen LogP contribution < -0.4 is 5.32 Å². The second-order valence-electron chi connectivity index (χ2n) is 6.38. The first kappa shape index (κ1) is 18.7. The Morgan fingerprint density at radius 3 is 2.23 bits per heavy atom. The Labute approximate surface area is 140 Å². The average Bonchev–Trinajstić information content (AvgIpc) is 2.38. The van der Waals surface area contributed by atoms with Gasteiger partial charge in [-0.3, -0.25) is 4.79 Å². The number of benzene rings is 1. The number of aryl methyl sites for hydroxylation is 2. The molecule has 22 heavy (non-hydrogen) atoms. The summed E-state index contributed by atoms with van der Waals surface area (Å²) in [6.07, 6.45) is 0.540. The fourth-order valence-electron chi connectivity index (χ4n) is 2.00. The largest absolute Gasteiger partial charge is 0.444 e. The lowest BCUT2D eigenvalue weighted by atomic mass is 10.0. The zero-order chi connectivity index (χ0) is 16.9. The van der Waals surface area contributed by atoms with E-state index < -0.39 is 11.7 Å². The maximum absolute atomic E-state index is 12.2. The third-order valence-corrected chi connectivity index (χ3v) is 4.26. The van der Waals surface area contributed by atoms with Gasteiger partial charge in [0.15, 0.2) is 5.78 Å². The predicted octanol–water partition coefficient (Wildman–Crippen LogP) is 4.55. The van der Waals surface area contributed by atoms with E-state index in [1.54, 1.807) is 0 Å². The number of ether oxygens (including phenoxy) is 1. The standard InChI is InChI=1S/C17H24BrNO3/c1-11-9-13(10-12(2)15(11)18)14(20)7-6-8-19-16(21)22-17(3,4)5/h9-10H,6-8H2,1-5H3,(H,19,21). The summed E-state index contributed by atoms with van der Waals surface area (Å²) in [6, 6.07) is 3.78. The van der Waals surface area contributed by atoms with Gasteiger partial charge in [0.1, 0.15) is 5.60 Å². The lowest BCUT2D eigenvalue weighted by Gasteiger charge is -2.19. The molecule has 5 heteroatoms. The molecule has 1 N–H and O–H groups in total. The number of Topliss-reactive ketones (excluding diaryl/α,β-unsaturated/α-hetero) is 1. The molecule has 0 aliphatic carbocycles. The monoisotopic (exact) mass is 369 g/mol. The molecule has 0 atom stereocenters. The van der Waals surface area contributed by atoms with E-state index in [1.165, 1.54) is 0 Å². The molecule has 0 spiro atoms. The van der Waals surface area contributed by atoms with Crippen molar-refractivity contribution in [2.24, 2.45) is 0 Å². The highest BCUT2D eigenvalue weighted by molar-refractivity contribution is 9.10. The van der Waals surface area contributed by atoms with Crippen molar-refractivity contribution in [3.63, 3.8) is 0 Å². The predicted molar refractivity (Wildman–Crippen MR) is 91.4 cm³/mol. The summed E-state index contributed by atoms with van der Waals surface area (Å²) in [5, 5.41) is 2.66. The van der Waals surface area contributed by atoms with Crippen molar-refractivity contribution >= 4 is 27.8 Å². The van der Waals surface area contributed by atoms with Crippen LogP contribution in [0.3, 0.4) is 0 Å². The molecule has 1 amide bonds. The zero-order valence-corrected chi connectivity index (χ0v) is 15.5. The first-order chi connectivity index (χ1) is 10.1. The van der Waals surface area contributed by atoms with Gasteiger partial charge in [-0.1, -0.05) is 15.9 Å².